The van der Waals surface area contributed by atoms with Crippen molar-refractivity contribution in [3.8, 4) is 0 Å². The third kappa shape index (κ3) is 1.45. The van der Waals surface area contributed by atoms with E-state index in [1.165, 1.54) is 0 Å². The minimum atomic E-state index is -2.48. The predicted molar refractivity (Wildman–Crippen MR) is 42.8 cm³/mol. The summed E-state index contributed by atoms with van der Waals surface area (Å²) in [6.45, 7) is 1.97. The number of hydrogen-bond donors (Lipinski definition) is 0. The van der Waals surface area contributed by atoms with Crippen molar-refractivity contribution < 1.29 is 13.3 Å². The van der Waals surface area contributed by atoms with Crippen LogP contribution in [0.5, 0.6) is 0 Å². The molecule has 0 bridgehead atoms. The molecule has 72 valence electrons. The van der Waals surface area contributed by atoms with E-state index in [4.69, 9.17) is 4.52 Å². The summed E-state index contributed by atoms with van der Waals surface area (Å²) >= 11 is 0. The van der Waals surface area contributed by atoms with E-state index >= 15 is 0 Å². The zero-order chi connectivity index (χ0) is 9.47. The lowest BCUT2D eigenvalue weighted by molar-refractivity contribution is -0.0881. The SMILES string of the molecule is CCc1conc1C1CC(F)(F)C1. The van der Waals surface area contributed by atoms with Crippen LogP contribution in [0.4, 0.5) is 8.78 Å². The summed E-state index contributed by atoms with van der Waals surface area (Å²) in [5.41, 5.74) is 1.69. The molecular weight excluding hydrogens is 176 g/mol. The predicted octanol–water partition coefficient (Wildman–Crippen LogP) is 2.75. The van der Waals surface area contributed by atoms with Crippen molar-refractivity contribution in [3.63, 3.8) is 0 Å². The molecule has 1 aromatic rings. The molecule has 0 aliphatic heterocycles. The van der Waals surface area contributed by atoms with E-state index < -0.39 is 5.92 Å². The molecule has 0 N–H and O–H groups in total. The lowest BCUT2D eigenvalue weighted by Gasteiger charge is -2.33. The Hall–Kier alpha value is -0.930. The van der Waals surface area contributed by atoms with Crippen molar-refractivity contribution in [3.05, 3.63) is 17.5 Å². The second-order valence-electron chi connectivity index (χ2n) is 3.54. The normalized spacial score (nSPS) is 21.5. The number of alkyl halides is 2. The van der Waals surface area contributed by atoms with Gasteiger partial charge in [-0.1, -0.05) is 12.1 Å². The number of hydrogen-bond acceptors (Lipinski definition) is 2. The van der Waals surface area contributed by atoms with Crippen LogP contribution < -0.4 is 0 Å². The van der Waals surface area contributed by atoms with Gasteiger partial charge in [-0.15, -0.1) is 0 Å². The quantitative estimate of drug-likeness (QED) is 0.711. The van der Waals surface area contributed by atoms with Crippen molar-refractivity contribution in [2.75, 3.05) is 0 Å². The minimum Gasteiger partial charge on any atom is -0.364 e. The summed E-state index contributed by atoms with van der Waals surface area (Å²) < 4.78 is 29.9. The zero-order valence-corrected chi connectivity index (χ0v) is 7.39. The first-order chi connectivity index (χ1) is 6.12. The van der Waals surface area contributed by atoms with E-state index in [-0.39, 0.29) is 18.8 Å². The molecule has 0 unspecified atom stereocenters. The van der Waals surface area contributed by atoms with Gasteiger partial charge in [0, 0.05) is 24.3 Å². The van der Waals surface area contributed by atoms with E-state index in [9.17, 15) is 8.78 Å². The number of halogens is 2. The van der Waals surface area contributed by atoms with Gasteiger partial charge in [0.1, 0.15) is 6.26 Å². The molecule has 1 saturated carbocycles. The van der Waals surface area contributed by atoms with Gasteiger partial charge in [-0.3, -0.25) is 0 Å². The van der Waals surface area contributed by atoms with Crippen molar-refractivity contribution >= 4 is 0 Å². The summed E-state index contributed by atoms with van der Waals surface area (Å²) in [5, 5.41) is 3.77. The summed E-state index contributed by atoms with van der Waals surface area (Å²) in [7, 11) is 0. The Kier molecular flexibility index (Phi) is 1.86. The Balaban J connectivity index is 2.11. The number of rotatable bonds is 2. The van der Waals surface area contributed by atoms with Crippen LogP contribution in [0.25, 0.3) is 0 Å². The average molecular weight is 187 g/mol. The molecule has 4 heteroatoms. The van der Waals surface area contributed by atoms with Crippen LogP contribution in [0.1, 0.15) is 36.9 Å². The second kappa shape index (κ2) is 2.79. The first-order valence-electron chi connectivity index (χ1n) is 4.43. The van der Waals surface area contributed by atoms with Crippen molar-refractivity contribution in [1.82, 2.24) is 5.16 Å². The van der Waals surface area contributed by atoms with Gasteiger partial charge in [0.05, 0.1) is 5.69 Å². The monoisotopic (exact) mass is 187 g/mol. The summed E-state index contributed by atoms with van der Waals surface area (Å²) in [4.78, 5) is 0. The zero-order valence-electron chi connectivity index (χ0n) is 7.39. The Morgan fingerprint density at radius 2 is 2.31 bits per heavy atom. The maximum absolute atomic E-state index is 12.6. The number of nitrogens with zero attached hydrogens (tertiary/aromatic N) is 1. The second-order valence-corrected chi connectivity index (χ2v) is 3.54. The molecule has 0 atom stereocenters. The first-order valence-corrected chi connectivity index (χ1v) is 4.43. The molecule has 2 nitrogen and oxygen atoms in total. The fraction of sp³-hybridized carbons (Fsp3) is 0.667. The molecule has 1 aliphatic rings. The molecule has 1 aromatic heterocycles. The molecule has 1 fully saturated rings. The molecule has 0 radical (unpaired) electrons. The van der Waals surface area contributed by atoms with E-state index in [0.29, 0.717) is 0 Å². The molecule has 13 heavy (non-hydrogen) atoms. The topological polar surface area (TPSA) is 26.0 Å². The number of aromatic nitrogens is 1. The lowest BCUT2D eigenvalue weighted by atomic mass is 9.78. The summed E-state index contributed by atoms with van der Waals surface area (Å²) in [6, 6.07) is 0. The molecule has 2 rings (SSSR count). The van der Waals surface area contributed by atoms with Gasteiger partial charge in [0.2, 0.25) is 5.92 Å². The van der Waals surface area contributed by atoms with E-state index in [1.54, 1.807) is 6.26 Å². The van der Waals surface area contributed by atoms with Gasteiger partial charge >= 0.3 is 0 Å². The highest BCUT2D eigenvalue weighted by Crippen LogP contribution is 2.48. The minimum absolute atomic E-state index is 0.0769. The molecule has 1 heterocycles. The Labute approximate surface area is 74.9 Å². The highest BCUT2D eigenvalue weighted by molar-refractivity contribution is 5.22. The highest BCUT2D eigenvalue weighted by atomic mass is 19.3. The summed E-state index contributed by atoms with van der Waals surface area (Å²) in [5.74, 6) is -2.57. The maximum Gasteiger partial charge on any atom is 0.249 e. The highest BCUT2D eigenvalue weighted by Gasteiger charge is 2.47. The van der Waals surface area contributed by atoms with Crippen LogP contribution in [0, 0.1) is 0 Å². The van der Waals surface area contributed by atoms with Crippen molar-refractivity contribution in [2.45, 2.75) is 38.0 Å². The van der Waals surface area contributed by atoms with Crippen molar-refractivity contribution in [1.29, 1.82) is 0 Å². The number of aryl methyl sites for hydroxylation is 1. The summed E-state index contributed by atoms with van der Waals surface area (Å²) in [6.07, 6.45) is 2.19. The van der Waals surface area contributed by atoms with Gasteiger partial charge in [-0.25, -0.2) is 8.78 Å². The third-order valence-electron chi connectivity index (χ3n) is 2.53. The standard InChI is InChI=1S/C9H11F2NO/c1-2-6-5-13-12-8(6)7-3-9(10,11)4-7/h5,7H,2-4H2,1H3. The molecular formula is C9H11F2NO. The van der Waals surface area contributed by atoms with Crippen LogP contribution >= 0.6 is 0 Å². The van der Waals surface area contributed by atoms with Crippen LogP contribution in [-0.2, 0) is 6.42 Å². The molecule has 1 aliphatic carbocycles. The van der Waals surface area contributed by atoms with Crippen LogP contribution in [0.2, 0.25) is 0 Å². The van der Waals surface area contributed by atoms with Gasteiger partial charge < -0.3 is 4.52 Å². The van der Waals surface area contributed by atoms with E-state index in [0.717, 1.165) is 17.7 Å². The van der Waals surface area contributed by atoms with E-state index in [2.05, 4.69) is 5.16 Å². The third-order valence-corrected chi connectivity index (χ3v) is 2.53. The van der Waals surface area contributed by atoms with Gasteiger partial charge in [0.15, 0.2) is 0 Å². The smallest absolute Gasteiger partial charge is 0.249 e. The van der Waals surface area contributed by atoms with E-state index in [1.807, 2.05) is 6.92 Å². The average Bonchev–Trinajstić information content (AvgIpc) is 2.46. The molecule has 0 saturated heterocycles. The fourth-order valence-electron chi connectivity index (χ4n) is 1.72. The van der Waals surface area contributed by atoms with Crippen LogP contribution in [0.3, 0.4) is 0 Å². The Morgan fingerprint density at radius 3 is 2.85 bits per heavy atom. The lowest BCUT2D eigenvalue weighted by Crippen LogP contribution is -2.34. The maximum atomic E-state index is 12.6. The fourth-order valence-corrected chi connectivity index (χ4v) is 1.72. The van der Waals surface area contributed by atoms with Gasteiger partial charge in [0.25, 0.3) is 0 Å². The van der Waals surface area contributed by atoms with Crippen LogP contribution in [0.15, 0.2) is 10.8 Å². The largest absolute Gasteiger partial charge is 0.364 e. The first kappa shape index (κ1) is 8.66. The van der Waals surface area contributed by atoms with Crippen molar-refractivity contribution in [2.24, 2.45) is 0 Å². The molecule has 0 amide bonds. The van der Waals surface area contributed by atoms with Gasteiger partial charge in [-0.2, -0.15) is 0 Å². The Morgan fingerprint density at radius 1 is 1.62 bits per heavy atom. The van der Waals surface area contributed by atoms with Gasteiger partial charge in [-0.05, 0) is 6.42 Å². The Bertz CT molecular complexity index is 300. The molecule has 0 aromatic carbocycles. The molecule has 0 spiro atoms. The van der Waals surface area contributed by atoms with Crippen LogP contribution in [-0.4, -0.2) is 11.1 Å².